The highest BCUT2D eigenvalue weighted by Gasteiger charge is 2.20. The Labute approximate surface area is 331 Å². The first-order valence-corrected chi connectivity index (χ1v) is 23.6. The van der Waals surface area contributed by atoms with Gasteiger partial charge in [-0.05, 0) is 32.1 Å². The minimum atomic E-state index is -0.949. The number of aliphatic hydroxyl groups is 3. The molecule has 53 heavy (non-hydrogen) atoms. The summed E-state index contributed by atoms with van der Waals surface area (Å²) in [7, 11) is 0. The van der Waals surface area contributed by atoms with Crippen molar-refractivity contribution in [3.8, 4) is 0 Å². The Morgan fingerprint density at radius 1 is 0.472 bits per heavy atom. The van der Waals surface area contributed by atoms with Crippen molar-refractivity contribution in [2.24, 2.45) is 0 Å². The second kappa shape index (κ2) is 43.6. The van der Waals surface area contributed by atoms with E-state index < -0.39 is 18.2 Å². The van der Waals surface area contributed by atoms with Gasteiger partial charge in [0, 0.05) is 0 Å². The lowest BCUT2D eigenvalue weighted by atomic mass is 10.0. The summed E-state index contributed by atoms with van der Waals surface area (Å²) in [5.74, 6) is -0.322. The van der Waals surface area contributed by atoms with Gasteiger partial charge < -0.3 is 20.6 Å². The molecule has 0 aliphatic heterocycles. The van der Waals surface area contributed by atoms with Crippen molar-refractivity contribution in [2.75, 3.05) is 6.61 Å². The van der Waals surface area contributed by atoms with E-state index in [1.807, 2.05) is 6.08 Å². The van der Waals surface area contributed by atoms with E-state index in [0.29, 0.717) is 6.42 Å². The van der Waals surface area contributed by atoms with Crippen molar-refractivity contribution in [1.82, 2.24) is 5.32 Å². The SMILES string of the molecule is CCCCCCCCCCCCCCCCCC/C=C/CC/C=C/C(O)C(CO)NC(=O)CC(O)CCCCCCCCCCCCCCCCCC. The molecule has 3 unspecified atom stereocenters. The number of aliphatic hydroxyl groups excluding tert-OH is 3. The van der Waals surface area contributed by atoms with Crippen molar-refractivity contribution in [2.45, 2.75) is 270 Å². The lowest BCUT2D eigenvalue weighted by Gasteiger charge is -2.21. The highest BCUT2D eigenvalue weighted by molar-refractivity contribution is 5.76. The van der Waals surface area contributed by atoms with Crippen molar-refractivity contribution in [1.29, 1.82) is 0 Å². The molecule has 3 atom stereocenters. The number of hydrogen-bond acceptors (Lipinski definition) is 4. The third kappa shape index (κ3) is 40.3. The molecule has 5 heteroatoms. The van der Waals surface area contributed by atoms with E-state index in [0.717, 1.165) is 32.1 Å². The normalized spacial score (nSPS) is 13.7. The largest absolute Gasteiger partial charge is 0.394 e. The predicted octanol–water partition coefficient (Wildman–Crippen LogP) is 13.8. The van der Waals surface area contributed by atoms with Crippen LogP contribution < -0.4 is 5.32 Å². The van der Waals surface area contributed by atoms with Crippen LogP contribution in [0.15, 0.2) is 24.3 Å². The van der Waals surface area contributed by atoms with Gasteiger partial charge in [-0.25, -0.2) is 0 Å². The summed E-state index contributed by atoms with van der Waals surface area (Å²) in [4.78, 5) is 12.4. The number of carbonyl (C=O) groups excluding carboxylic acids is 1. The summed E-state index contributed by atoms with van der Waals surface area (Å²) < 4.78 is 0. The number of carbonyl (C=O) groups is 1. The number of amides is 1. The Morgan fingerprint density at radius 2 is 0.811 bits per heavy atom. The quantitative estimate of drug-likeness (QED) is 0.0369. The first-order chi connectivity index (χ1) is 26.0. The van der Waals surface area contributed by atoms with Crippen molar-refractivity contribution < 1.29 is 20.1 Å². The van der Waals surface area contributed by atoms with E-state index in [9.17, 15) is 20.1 Å². The zero-order valence-electron chi connectivity index (χ0n) is 35.7. The predicted molar refractivity (Wildman–Crippen MR) is 231 cm³/mol. The lowest BCUT2D eigenvalue weighted by Crippen LogP contribution is -2.45. The molecule has 0 aromatic carbocycles. The van der Waals surface area contributed by atoms with E-state index in [4.69, 9.17) is 0 Å². The van der Waals surface area contributed by atoms with Crippen LogP contribution in [0.1, 0.15) is 251 Å². The Bertz CT molecular complexity index is 784. The molecule has 314 valence electrons. The summed E-state index contributed by atoms with van der Waals surface area (Å²) in [5, 5.41) is 33.3. The highest BCUT2D eigenvalue weighted by Crippen LogP contribution is 2.16. The fourth-order valence-electron chi connectivity index (χ4n) is 7.36. The van der Waals surface area contributed by atoms with Crippen LogP contribution in [0.2, 0.25) is 0 Å². The molecule has 0 rings (SSSR count). The average molecular weight is 748 g/mol. The Kier molecular flexibility index (Phi) is 42.6. The van der Waals surface area contributed by atoms with E-state index in [-0.39, 0.29) is 18.9 Å². The Morgan fingerprint density at radius 3 is 1.21 bits per heavy atom. The van der Waals surface area contributed by atoms with Gasteiger partial charge in [-0.15, -0.1) is 0 Å². The van der Waals surface area contributed by atoms with Crippen LogP contribution in [0.3, 0.4) is 0 Å². The van der Waals surface area contributed by atoms with E-state index in [1.165, 1.54) is 193 Å². The first-order valence-electron chi connectivity index (χ1n) is 23.6. The fraction of sp³-hybridized carbons (Fsp3) is 0.896. The summed E-state index contributed by atoms with van der Waals surface area (Å²) in [6.07, 6.45) is 53.3. The second-order valence-electron chi connectivity index (χ2n) is 16.4. The molecule has 0 aliphatic rings. The standard InChI is InChI=1S/C48H93NO4/c1-3-5-7-9-11-13-15-17-19-21-22-23-24-25-26-28-30-32-34-36-38-40-42-47(52)46(44-50)49-48(53)43-45(51)41-39-37-35-33-31-29-27-20-18-16-14-12-10-8-6-4-2/h32,34,40,42,45-47,50-52H,3-31,33,35-39,41,43-44H2,1-2H3,(H,49,53)/b34-32+,42-40+. The Hall–Kier alpha value is -1.17. The van der Waals surface area contributed by atoms with E-state index in [2.05, 4.69) is 31.3 Å². The minimum absolute atomic E-state index is 0.00979. The summed E-state index contributed by atoms with van der Waals surface area (Å²) >= 11 is 0. The van der Waals surface area contributed by atoms with Gasteiger partial charge in [-0.1, -0.05) is 237 Å². The molecule has 0 radical (unpaired) electrons. The maximum absolute atomic E-state index is 12.4. The average Bonchev–Trinajstić information content (AvgIpc) is 3.15. The van der Waals surface area contributed by atoms with Crippen LogP contribution >= 0.6 is 0 Å². The molecule has 1 amide bonds. The van der Waals surface area contributed by atoms with Crippen LogP contribution in [0.5, 0.6) is 0 Å². The van der Waals surface area contributed by atoms with E-state index >= 15 is 0 Å². The van der Waals surface area contributed by atoms with Crippen molar-refractivity contribution in [3.63, 3.8) is 0 Å². The van der Waals surface area contributed by atoms with Gasteiger partial charge in [0.15, 0.2) is 0 Å². The third-order valence-electron chi connectivity index (χ3n) is 11.0. The summed E-state index contributed by atoms with van der Waals surface area (Å²) in [5.41, 5.74) is 0. The van der Waals surface area contributed by atoms with Crippen molar-refractivity contribution >= 4 is 5.91 Å². The van der Waals surface area contributed by atoms with Gasteiger partial charge in [-0.2, -0.15) is 0 Å². The topological polar surface area (TPSA) is 89.8 Å². The maximum Gasteiger partial charge on any atom is 0.222 e. The molecule has 0 aliphatic carbocycles. The molecule has 0 spiro atoms. The van der Waals surface area contributed by atoms with Gasteiger partial charge in [-0.3, -0.25) is 4.79 Å². The smallest absolute Gasteiger partial charge is 0.222 e. The second-order valence-corrected chi connectivity index (χ2v) is 16.4. The first kappa shape index (κ1) is 51.8. The van der Waals surface area contributed by atoms with Gasteiger partial charge >= 0.3 is 0 Å². The molecule has 0 fully saturated rings. The molecule has 0 aromatic heterocycles. The maximum atomic E-state index is 12.4. The number of allylic oxidation sites excluding steroid dienone is 3. The van der Waals surface area contributed by atoms with Crippen molar-refractivity contribution in [3.05, 3.63) is 24.3 Å². The van der Waals surface area contributed by atoms with Crippen LogP contribution in [0, 0.1) is 0 Å². The molecule has 0 saturated carbocycles. The van der Waals surface area contributed by atoms with Crippen LogP contribution in [-0.2, 0) is 4.79 Å². The van der Waals surface area contributed by atoms with Crippen LogP contribution in [-0.4, -0.2) is 46.1 Å². The molecular formula is C48H93NO4. The number of hydrogen-bond donors (Lipinski definition) is 4. The minimum Gasteiger partial charge on any atom is -0.394 e. The van der Waals surface area contributed by atoms with E-state index in [1.54, 1.807) is 6.08 Å². The summed E-state index contributed by atoms with van der Waals surface area (Å²) in [6, 6.07) is -0.757. The van der Waals surface area contributed by atoms with Gasteiger partial charge in [0.2, 0.25) is 5.91 Å². The molecule has 0 heterocycles. The number of rotatable bonds is 43. The number of unbranched alkanes of at least 4 members (excludes halogenated alkanes) is 32. The molecule has 4 N–H and O–H groups in total. The third-order valence-corrected chi connectivity index (χ3v) is 11.0. The Balaban J connectivity index is 3.66. The lowest BCUT2D eigenvalue weighted by molar-refractivity contribution is -0.124. The summed E-state index contributed by atoms with van der Waals surface area (Å²) in [6.45, 7) is 4.22. The molecule has 5 nitrogen and oxygen atoms in total. The zero-order chi connectivity index (χ0) is 38.7. The fourth-order valence-corrected chi connectivity index (χ4v) is 7.36. The van der Waals surface area contributed by atoms with Gasteiger partial charge in [0.1, 0.15) is 0 Å². The number of nitrogens with one attached hydrogen (secondary N) is 1. The molecular weight excluding hydrogens is 655 g/mol. The molecule has 0 aromatic rings. The van der Waals surface area contributed by atoms with Crippen LogP contribution in [0.4, 0.5) is 0 Å². The highest BCUT2D eigenvalue weighted by atomic mass is 16.3. The van der Waals surface area contributed by atoms with Gasteiger partial charge in [0.25, 0.3) is 0 Å². The zero-order valence-corrected chi connectivity index (χ0v) is 35.7. The monoisotopic (exact) mass is 748 g/mol. The van der Waals surface area contributed by atoms with Crippen LogP contribution in [0.25, 0.3) is 0 Å². The van der Waals surface area contributed by atoms with Gasteiger partial charge in [0.05, 0.1) is 31.3 Å². The molecule has 0 saturated heterocycles. The molecule has 0 bridgehead atoms.